The number of methoxy groups -OCH3 is 2. The van der Waals surface area contributed by atoms with Crippen LogP contribution in [0.1, 0.15) is 21.5 Å². The van der Waals surface area contributed by atoms with Gasteiger partial charge in [-0.15, -0.1) is 0 Å². The van der Waals surface area contributed by atoms with Crippen LogP contribution in [0.25, 0.3) is 21.9 Å². The Labute approximate surface area is 185 Å². The van der Waals surface area contributed by atoms with Gasteiger partial charge < -0.3 is 9.47 Å². The molecule has 6 nitrogen and oxygen atoms in total. The van der Waals surface area contributed by atoms with E-state index < -0.39 is 4.92 Å². The maximum atomic E-state index is 13.8. The van der Waals surface area contributed by atoms with Crippen LogP contribution in [0.4, 0.5) is 5.69 Å². The largest absolute Gasteiger partial charge is 0.493 e. The second kappa shape index (κ2) is 8.51. The fraction of sp³-hybridized carbons (Fsp3) is 0.115. The zero-order valence-electron chi connectivity index (χ0n) is 17.9. The summed E-state index contributed by atoms with van der Waals surface area (Å²) < 4.78 is 10.8. The minimum Gasteiger partial charge on any atom is -0.493 e. The Morgan fingerprint density at radius 2 is 1.50 bits per heavy atom. The molecule has 0 bridgehead atoms. The molecule has 0 saturated carbocycles. The Balaban J connectivity index is 2.17. The molecule has 4 rings (SSSR count). The summed E-state index contributed by atoms with van der Waals surface area (Å²) in [6.45, 7) is 1.94. The Hall–Kier alpha value is -4.19. The summed E-state index contributed by atoms with van der Waals surface area (Å²) in [5.41, 5.74) is 2.44. The number of hydrogen-bond acceptors (Lipinski definition) is 5. The van der Waals surface area contributed by atoms with Crippen LogP contribution in [0.15, 0.2) is 72.8 Å². The fourth-order valence-corrected chi connectivity index (χ4v) is 3.84. The van der Waals surface area contributed by atoms with Crippen molar-refractivity contribution in [3.8, 4) is 22.6 Å². The quantitative estimate of drug-likeness (QED) is 0.215. The molecule has 0 atom stereocenters. The van der Waals surface area contributed by atoms with Crippen molar-refractivity contribution in [1.82, 2.24) is 0 Å². The Morgan fingerprint density at radius 3 is 2.09 bits per heavy atom. The zero-order valence-corrected chi connectivity index (χ0v) is 17.9. The average Bonchev–Trinajstić information content (AvgIpc) is 2.82. The number of rotatable bonds is 6. The molecule has 0 heterocycles. The lowest BCUT2D eigenvalue weighted by Gasteiger charge is -2.16. The molecular weight excluding hydrogens is 406 g/mol. The third-order valence-electron chi connectivity index (χ3n) is 5.42. The molecule has 0 aromatic heterocycles. The Kier molecular flexibility index (Phi) is 5.60. The standard InChI is InChI=1S/C26H21NO5/c1-16-9-11-17(12-10-16)24-21(27(29)30)13-19-14-22(31-2)23(32-3)15-20(19)25(24)26(28)18-7-5-4-6-8-18/h4-15H,1-3H3. The fourth-order valence-electron chi connectivity index (χ4n) is 3.84. The average molecular weight is 427 g/mol. The first-order valence-electron chi connectivity index (χ1n) is 9.98. The highest BCUT2D eigenvalue weighted by Gasteiger charge is 2.28. The van der Waals surface area contributed by atoms with E-state index in [1.807, 2.05) is 25.1 Å². The van der Waals surface area contributed by atoms with E-state index in [0.29, 0.717) is 33.4 Å². The van der Waals surface area contributed by atoms with E-state index >= 15 is 0 Å². The number of carbonyl (C=O) groups excluding carboxylic acids is 1. The molecule has 0 aliphatic heterocycles. The second-order valence-corrected chi connectivity index (χ2v) is 7.39. The third-order valence-corrected chi connectivity index (χ3v) is 5.42. The lowest BCUT2D eigenvalue weighted by Crippen LogP contribution is -2.07. The van der Waals surface area contributed by atoms with E-state index in [-0.39, 0.29) is 22.6 Å². The predicted molar refractivity (Wildman–Crippen MR) is 124 cm³/mol. The van der Waals surface area contributed by atoms with Crippen molar-refractivity contribution in [2.24, 2.45) is 0 Å². The minimum atomic E-state index is -0.451. The van der Waals surface area contributed by atoms with Crippen LogP contribution in [0.2, 0.25) is 0 Å². The Bertz CT molecular complexity index is 1330. The van der Waals surface area contributed by atoms with E-state index in [4.69, 9.17) is 9.47 Å². The molecule has 0 spiro atoms. The molecule has 160 valence electrons. The Morgan fingerprint density at radius 1 is 0.875 bits per heavy atom. The molecule has 4 aromatic carbocycles. The molecule has 0 N–H and O–H groups in total. The van der Waals surface area contributed by atoms with Crippen molar-refractivity contribution >= 4 is 22.2 Å². The molecule has 6 heteroatoms. The normalized spacial score (nSPS) is 10.7. The smallest absolute Gasteiger partial charge is 0.278 e. The number of carbonyl (C=O) groups is 1. The summed E-state index contributed by atoms with van der Waals surface area (Å²) in [6.07, 6.45) is 0. The molecule has 4 aromatic rings. The van der Waals surface area contributed by atoms with Crippen molar-refractivity contribution in [2.75, 3.05) is 14.2 Å². The molecule has 0 saturated heterocycles. The van der Waals surface area contributed by atoms with Gasteiger partial charge in [-0.25, -0.2) is 0 Å². The van der Waals surface area contributed by atoms with Crippen LogP contribution in [0, 0.1) is 17.0 Å². The number of hydrogen-bond donors (Lipinski definition) is 0. The van der Waals surface area contributed by atoms with E-state index in [1.165, 1.54) is 20.3 Å². The molecule has 0 aliphatic rings. The minimum absolute atomic E-state index is 0.146. The summed E-state index contributed by atoms with van der Waals surface area (Å²) in [5, 5.41) is 13.2. The van der Waals surface area contributed by atoms with Gasteiger partial charge in [0.2, 0.25) is 0 Å². The number of fused-ring (bicyclic) bond motifs is 1. The number of benzene rings is 4. The number of nitro benzene ring substituents is 1. The van der Waals surface area contributed by atoms with Crippen molar-refractivity contribution in [1.29, 1.82) is 0 Å². The first kappa shape index (κ1) is 21.1. The molecule has 0 amide bonds. The van der Waals surface area contributed by atoms with Crippen molar-refractivity contribution in [2.45, 2.75) is 6.92 Å². The molecule has 0 fully saturated rings. The van der Waals surface area contributed by atoms with Crippen LogP contribution in [-0.2, 0) is 0 Å². The number of nitro groups is 1. The summed E-state index contributed by atoms with van der Waals surface area (Å²) in [7, 11) is 3.00. The van der Waals surface area contributed by atoms with E-state index in [2.05, 4.69) is 0 Å². The first-order valence-corrected chi connectivity index (χ1v) is 9.98. The van der Waals surface area contributed by atoms with E-state index in [1.54, 1.807) is 48.5 Å². The van der Waals surface area contributed by atoms with Crippen LogP contribution in [0.3, 0.4) is 0 Å². The lowest BCUT2D eigenvalue weighted by molar-refractivity contribution is -0.384. The maximum Gasteiger partial charge on any atom is 0.278 e. The highest BCUT2D eigenvalue weighted by molar-refractivity contribution is 6.22. The second-order valence-electron chi connectivity index (χ2n) is 7.39. The van der Waals surface area contributed by atoms with Gasteiger partial charge >= 0.3 is 0 Å². The molecule has 0 unspecified atom stereocenters. The maximum absolute atomic E-state index is 13.8. The zero-order chi connectivity index (χ0) is 22.8. The predicted octanol–water partition coefficient (Wildman–Crippen LogP) is 5.97. The third kappa shape index (κ3) is 3.67. The van der Waals surface area contributed by atoms with E-state index in [0.717, 1.165) is 5.56 Å². The lowest BCUT2D eigenvalue weighted by atomic mass is 9.87. The highest BCUT2D eigenvalue weighted by Crippen LogP contribution is 2.43. The van der Waals surface area contributed by atoms with Crippen molar-refractivity contribution < 1.29 is 19.2 Å². The summed E-state index contributed by atoms with van der Waals surface area (Å²) in [6, 6.07) is 20.9. The van der Waals surface area contributed by atoms with Gasteiger partial charge in [0.05, 0.1) is 24.7 Å². The SMILES string of the molecule is COc1cc2cc([N+](=O)[O-])c(-c3ccc(C)cc3)c(C(=O)c3ccccc3)c2cc1OC. The van der Waals surface area contributed by atoms with Gasteiger partial charge in [0, 0.05) is 17.2 Å². The van der Waals surface area contributed by atoms with Gasteiger partial charge in [0.1, 0.15) is 0 Å². The summed E-state index contributed by atoms with van der Waals surface area (Å²) in [5.74, 6) is 0.559. The van der Waals surface area contributed by atoms with Crippen LogP contribution in [0.5, 0.6) is 11.5 Å². The summed E-state index contributed by atoms with van der Waals surface area (Å²) >= 11 is 0. The highest BCUT2D eigenvalue weighted by atomic mass is 16.6. The van der Waals surface area contributed by atoms with Gasteiger partial charge in [-0.1, -0.05) is 60.2 Å². The monoisotopic (exact) mass is 427 g/mol. The van der Waals surface area contributed by atoms with Gasteiger partial charge in [-0.3, -0.25) is 14.9 Å². The van der Waals surface area contributed by atoms with Crippen molar-refractivity contribution in [3.05, 3.63) is 99.6 Å². The van der Waals surface area contributed by atoms with Crippen molar-refractivity contribution in [3.63, 3.8) is 0 Å². The van der Waals surface area contributed by atoms with Gasteiger partial charge in [-0.2, -0.15) is 0 Å². The number of ketones is 1. The van der Waals surface area contributed by atoms with Gasteiger partial charge in [0.25, 0.3) is 5.69 Å². The topological polar surface area (TPSA) is 78.7 Å². The molecule has 32 heavy (non-hydrogen) atoms. The molecule has 0 radical (unpaired) electrons. The number of ether oxygens (including phenoxy) is 2. The first-order chi connectivity index (χ1) is 15.4. The molecular formula is C26H21NO5. The molecule has 0 aliphatic carbocycles. The number of nitrogens with zero attached hydrogens (tertiary/aromatic N) is 1. The summed E-state index contributed by atoms with van der Waals surface area (Å²) in [4.78, 5) is 25.4. The van der Waals surface area contributed by atoms with Crippen LogP contribution >= 0.6 is 0 Å². The van der Waals surface area contributed by atoms with Crippen LogP contribution < -0.4 is 9.47 Å². The number of aryl methyl sites for hydroxylation is 1. The van der Waals surface area contributed by atoms with Gasteiger partial charge in [0.15, 0.2) is 17.3 Å². The van der Waals surface area contributed by atoms with E-state index in [9.17, 15) is 14.9 Å². The van der Waals surface area contributed by atoms with Crippen LogP contribution in [-0.4, -0.2) is 24.9 Å². The van der Waals surface area contributed by atoms with Gasteiger partial charge in [-0.05, 0) is 35.4 Å².